The van der Waals surface area contributed by atoms with E-state index in [9.17, 15) is 0 Å². The van der Waals surface area contributed by atoms with Gasteiger partial charge in [-0.1, -0.05) is 19.8 Å². The standard InChI is InChI=1S/C17H28N2S/c1-3-4-13-5-7-14(8-6-13)17-19-12(2)16(20-17)11-18-15-9-10-15/h13-15,18H,3-11H2,1-2H3. The number of aryl methyl sites for hydroxylation is 1. The van der Waals surface area contributed by atoms with E-state index >= 15 is 0 Å². The van der Waals surface area contributed by atoms with Crippen LogP contribution in [0, 0.1) is 12.8 Å². The van der Waals surface area contributed by atoms with Crippen molar-refractivity contribution in [2.45, 2.75) is 83.7 Å². The van der Waals surface area contributed by atoms with Gasteiger partial charge in [0.05, 0.1) is 10.7 Å². The van der Waals surface area contributed by atoms with Crippen LogP contribution >= 0.6 is 11.3 Å². The van der Waals surface area contributed by atoms with Crippen molar-refractivity contribution in [1.82, 2.24) is 10.3 Å². The molecule has 2 saturated carbocycles. The highest BCUT2D eigenvalue weighted by atomic mass is 32.1. The van der Waals surface area contributed by atoms with Crippen LogP contribution in [0.15, 0.2) is 0 Å². The Balaban J connectivity index is 1.55. The molecule has 0 aromatic carbocycles. The molecule has 3 rings (SSSR count). The summed E-state index contributed by atoms with van der Waals surface area (Å²) in [6, 6.07) is 0.796. The summed E-state index contributed by atoms with van der Waals surface area (Å²) in [4.78, 5) is 6.36. The van der Waals surface area contributed by atoms with Crippen molar-refractivity contribution in [3.63, 3.8) is 0 Å². The highest BCUT2D eigenvalue weighted by molar-refractivity contribution is 7.11. The van der Waals surface area contributed by atoms with Crippen LogP contribution in [0.25, 0.3) is 0 Å². The highest BCUT2D eigenvalue weighted by Gasteiger charge is 2.25. The van der Waals surface area contributed by atoms with Crippen molar-refractivity contribution in [3.05, 3.63) is 15.6 Å². The zero-order chi connectivity index (χ0) is 13.9. The van der Waals surface area contributed by atoms with Crippen molar-refractivity contribution in [1.29, 1.82) is 0 Å². The zero-order valence-electron chi connectivity index (χ0n) is 13.0. The molecule has 3 heteroatoms. The summed E-state index contributed by atoms with van der Waals surface area (Å²) < 4.78 is 0. The van der Waals surface area contributed by atoms with Gasteiger partial charge in [0.1, 0.15) is 0 Å². The minimum Gasteiger partial charge on any atom is -0.309 e. The van der Waals surface area contributed by atoms with Crippen molar-refractivity contribution < 1.29 is 0 Å². The first-order chi connectivity index (χ1) is 9.76. The van der Waals surface area contributed by atoms with Gasteiger partial charge in [0.25, 0.3) is 0 Å². The van der Waals surface area contributed by atoms with Crippen LogP contribution in [0.1, 0.15) is 79.8 Å². The van der Waals surface area contributed by atoms with E-state index in [1.807, 2.05) is 11.3 Å². The van der Waals surface area contributed by atoms with Crippen LogP contribution < -0.4 is 5.32 Å². The van der Waals surface area contributed by atoms with Crippen molar-refractivity contribution >= 4 is 11.3 Å². The van der Waals surface area contributed by atoms with E-state index in [-0.39, 0.29) is 0 Å². The molecular formula is C17H28N2S. The molecule has 1 aromatic rings. The predicted molar refractivity (Wildman–Crippen MR) is 86.3 cm³/mol. The fourth-order valence-electron chi connectivity index (χ4n) is 3.42. The van der Waals surface area contributed by atoms with E-state index in [1.165, 1.54) is 66.9 Å². The number of nitrogens with zero attached hydrogens (tertiary/aromatic N) is 1. The Hall–Kier alpha value is -0.410. The number of thiazole rings is 1. The number of nitrogens with one attached hydrogen (secondary N) is 1. The normalized spacial score (nSPS) is 26.9. The molecule has 20 heavy (non-hydrogen) atoms. The Labute approximate surface area is 127 Å². The van der Waals surface area contributed by atoms with Crippen LogP contribution in [-0.4, -0.2) is 11.0 Å². The fourth-order valence-corrected chi connectivity index (χ4v) is 4.61. The van der Waals surface area contributed by atoms with E-state index < -0.39 is 0 Å². The van der Waals surface area contributed by atoms with Crippen molar-refractivity contribution in [3.8, 4) is 0 Å². The Kier molecular flexibility index (Phi) is 4.77. The summed E-state index contributed by atoms with van der Waals surface area (Å²) in [6.07, 6.45) is 11.1. The lowest BCUT2D eigenvalue weighted by atomic mass is 9.80. The monoisotopic (exact) mass is 292 g/mol. The molecule has 2 nitrogen and oxygen atoms in total. The number of hydrogen-bond donors (Lipinski definition) is 1. The second-order valence-electron chi connectivity index (χ2n) is 6.72. The first kappa shape index (κ1) is 14.5. The number of aromatic nitrogens is 1. The van der Waals surface area contributed by atoms with Crippen LogP contribution in [-0.2, 0) is 6.54 Å². The number of hydrogen-bond acceptors (Lipinski definition) is 3. The minimum absolute atomic E-state index is 0.751. The Morgan fingerprint density at radius 2 is 1.90 bits per heavy atom. The maximum Gasteiger partial charge on any atom is 0.0962 e. The molecule has 1 N–H and O–H groups in total. The predicted octanol–water partition coefficient (Wildman–Crippen LogP) is 4.78. The Morgan fingerprint density at radius 1 is 1.15 bits per heavy atom. The molecule has 0 atom stereocenters. The molecular weight excluding hydrogens is 264 g/mol. The average molecular weight is 292 g/mol. The molecule has 0 bridgehead atoms. The highest BCUT2D eigenvalue weighted by Crippen LogP contribution is 2.39. The lowest BCUT2D eigenvalue weighted by Crippen LogP contribution is -2.14. The van der Waals surface area contributed by atoms with E-state index in [0.717, 1.165) is 24.4 Å². The zero-order valence-corrected chi connectivity index (χ0v) is 13.8. The molecule has 0 saturated heterocycles. The van der Waals surface area contributed by atoms with Crippen LogP contribution in [0.3, 0.4) is 0 Å². The third-order valence-electron chi connectivity index (χ3n) is 4.93. The summed E-state index contributed by atoms with van der Waals surface area (Å²) >= 11 is 1.98. The topological polar surface area (TPSA) is 24.9 Å². The maximum atomic E-state index is 4.88. The number of rotatable bonds is 6. The molecule has 2 aliphatic rings. The summed E-state index contributed by atoms with van der Waals surface area (Å²) in [6.45, 7) is 5.54. The molecule has 2 fully saturated rings. The van der Waals surface area contributed by atoms with E-state index in [0.29, 0.717) is 0 Å². The van der Waals surface area contributed by atoms with Gasteiger partial charge in [0.15, 0.2) is 0 Å². The quantitative estimate of drug-likeness (QED) is 0.816. The molecule has 0 unspecified atom stereocenters. The summed E-state index contributed by atoms with van der Waals surface area (Å²) in [5, 5.41) is 5.05. The molecule has 1 aromatic heterocycles. The first-order valence-corrected chi connectivity index (χ1v) is 9.27. The molecule has 112 valence electrons. The van der Waals surface area contributed by atoms with E-state index in [4.69, 9.17) is 4.98 Å². The van der Waals surface area contributed by atoms with Gasteiger partial charge in [-0.15, -0.1) is 11.3 Å². The Morgan fingerprint density at radius 3 is 2.55 bits per heavy atom. The van der Waals surface area contributed by atoms with Crippen LogP contribution in [0.5, 0.6) is 0 Å². The van der Waals surface area contributed by atoms with E-state index in [1.54, 1.807) is 0 Å². The van der Waals surface area contributed by atoms with Gasteiger partial charge in [0, 0.05) is 23.4 Å². The molecule has 0 aliphatic heterocycles. The molecule has 0 spiro atoms. The molecule has 2 aliphatic carbocycles. The van der Waals surface area contributed by atoms with Crippen LogP contribution in [0.2, 0.25) is 0 Å². The first-order valence-electron chi connectivity index (χ1n) is 8.45. The molecule has 1 heterocycles. The smallest absolute Gasteiger partial charge is 0.0962 e. The third-order valence-corrected chi connectivity index (χ3v) is 6.25. The van der Waals surface area contributed by atoms with E-state index in [2.05, 4.69) is 19.2 Å². The van der Waals surface area contributed by atoms with Gasteiger partial charge in [-0.2, -0.15) is 0 Å². The van der Waals surface area contributed by atoms with Gasteiger partial charge in [-0.05, 0) is 51.4 Å². The summed E-state index contributed by atoms with van der Waals surface area (Å²) in [7, 11) is 0. The van der Waals surface area contributed by atoms with Crippen molar-refractivity contribution in [2.75, 3.05) is 0 Å². The summed E-state index contributed by atoms with van der Waals surface area (Å²) in [5.74, 6) is 1.75. The fraction of sp³-hybridized carbons (Fsp3) is 0.824. The Bertz CT molecular complexity index is 428. The largest absolute Gasteiger partial charge is 0.309 e. The van der Waals surface area contributed by atoms with Crippen LogP contribution in [0.4, 0.5) is 0 Å². The third kappa shape index (κ3) is 3.62. The lowest BCUT2D eigenvalue weighted by Gasteiger charge is -2.26. The van der Waals surface area contributed by atoms with Gasteiger partial charge >= 0.3 is 0 Å². The second kappa shape index (κ2) is 6.57. The minimum atomic E-state index is 0.751. The average Bonchev–Trinajstić information content (AvgIpc) is 3.21. The van der Waals surface area contributed by atoms with Gasteiger partial charge in [0.2, 0.25) is 0 Å². The summed E-state index contributed by atoms with van der Waals surface area (Å²) in [5.41, 5.74) is 1.27. The second-order valence-corrected chi connectivity index (χ2v) is 7.84. The van der Waals surface area contributed by atoms with Gasteiger partial charge in [-0.25, -0.2) is 4.98 Å². The van der Waals surface area contributed by atoms with Crippen molar-refractivity contribution in [2.24, 2.45) is 5.92 Å². The van der Waals surface area contributed by atoms with Gasteiger partial charge in [-0.3, -0.25) is 0 Å². The van der Waals surface area contributed by atoms with Gasteiger partial charge < -0.3 is 5.32 Å². The molecule has 0 amide bonds. The maximum absolute atomic E-state index is 4.88. The lowest BCUT2D eigenvalue weighted by molar-refractivity contribution is 0.308. The molecule has 0 radical (unpaired) electrons. The SMILES string of the molecule is CCCC1CCC(c2nc(C)c(CNC3CC3)s2)CC1.